The molecule has 0 aromatic heterocycles. The second kappa shape index (κ2) is 7.04. The number of benzene rings is 1. The molecule has 0 bridgehead atoms. The zero-order chi connectivity index (χ0) is 13.7. The predicted octanol–water partition coefficient (Wildman–Crippen LogP) is 2.11. The van der Waals surface area contributed by atoms with E-state index in [0.29, 0.717) is 6.04 Å². The van der Waals surface area contributed by atoms with Crippen LogP contribution in [0.25, 0.3) is 0 Å². The lowest BCUT2D eigenvalue weighted by Gasteiger charge is -2.26. The molecule has 2 rings (SSSR count). The lowest BCUT2D eigenvalue weighted by Crippen LogP contribution is -2.42. The molecule has 0 amide bonds. The predicted molar refractivity (Wildman–Crippen MR) is 79.5 cm³/mol. The number of rotatable bonds is 5. The third-order valence-corrected chi connectivity index (χ3v) is 3.80. The molecular formula is C16H26N2O. The highest BCUT2D eigenvalue weighted by atomic mass is 16.5. The normalized spacial score (nSPS) is 19.9. The second-order valence-corrected chi connectivity index (χ2v) is 5.68. The standard InChI is InChI=1S/C16H26N2O/c1-13-4-5-15(14(2)10-13)11-18(3)8-6-16-12-19-9-7-17-16/h4-5,10,16-17H,6-9,11-12H2,1-3H3. The fourth-order valence-corrected chi connectivity index (χ4v) is 2.57. The van der Waals surface area contributed by atoms with E-state index in [2.05, 4.69) is 49.3 Å². The molecule has 1 unspecified atom stereocenters. The van der Waals surface area contributed by atoms with Crippen LogP contribution in [0.5, 0.6) is 0 Å². The van der Waals surface area contributed by atoms with Gasteiger partial charge in [-0.15, -0.1) is 0 Å². The van der Waals surface area contributed by atoms with E-state index in [4.69, 9.17) is 4.74 Å². The van der Waals surface area contributed by atoms with Gasteiger partial charge in [0, 0.05) is 19.1 Å². The van der Waals surface area contributed by atoms with Crippen molar-refractivity contribution in [3.05, 3.63) is 34.9 Å². The first-order valence-electron chi connectivity index (χ1n) is 7.21. The van der Waals surface area contributed by atoms with Crippen molar-refractivity contribution in [2.24, 2.45) is 0 Å². The van der Waals surface area contributed by atoms with Crippen molar-refractivity contribution in [3.63, 3.8) is 0 Å². The fraction of sp³-hybridized carbons (Fsp3) is 0.625. The molecule has 0 radical (unpaired) electrons. The molecule has 19 heavy (non-hydrogen) atoms. The molecule has 1 aromatic rings. The Morgan fingerprint density at radius 3 is 2.89 bits per heavy atom. The van der Waals surface area contributed by atoms with E-state index in [0.717, 1.165) is 39.3 Å². The minimum Gasteiger partial charge on any atom is -0.379 e. The Bertz CT molecular complexity index is 400. The monoisotopic (exact) mass is 262 g/mol. The number of aryl methyl sites for hydroxylation is 2. The van der Waals surface area contributed by atoms with Crippen molar-refractivity contribution in [2.75, 3.05) is 33.4 Å². The summed E-state index contributed by atoms with van der Waals surface area (Å²) >= 11 is 0. The molecular weight excluding hydrogens is 236 g/mol. The Morgan fingerprint density at radius 2 is 2.21 bits per heavy atom. The Hall–Kier alpha value is -0.900. The molecule has 1 heterocycles. The Morgan fingerprint density at radius 1 is 1.37 bits per heavy atom. The molecule has 0 spiro atoms. The summed E-state index contributed by atoms with van der Waals surface area (Å²) in [5, 5.41) is 3.51. The minimum atomic E-state index is 0.523. The van der Waals surface area contributed by atoms with Crippen molar-refractivity contribution in [1.82, 2.24) is 10.2 Å². The van der Waals surface area contributed by atoms with Gasteiger partial charge in [0.1, 0.15) is 0 Å². The summed E-state index contributed by atoms with van der Waals surface area (Å²) in [6.07, 6.45) is 1.15. The second-order valence-electron chi connectivity index (χ2n) is 5.68. The van der Waals surface area contributed by atoms with Gasteiger partial charge in [-0.3, -0.25) is 0 Å². The molecule has 1 atom stereocenters. The maximum atomic E-state index is 5.48. The summed E-state index contributed by atoms with van der Waals surface area (Å²) in [5.41, 5.74) is 4.17. The van der Waals surface area contributed by atoms with Crippen LogP contribution in [0.15, 0.2) is 18.2 Å². The van der Waals surface area contributed by atoms with Crippen molar-refractivity contribution in [1.29, 1.82) is 0 Å². The highest BCUT2D eigenvalue weighted by molar-refractivity contribution is 5.30. The highest BCUT2D eigenvalue weighted by Crippen LogP contribution is 2.13. The van der Waals surface area contributed by atoms with Gasteiger partial charge in [0.05, 0.1) is 13.2 Å². The lowest BCUT2D eigenvalue weighted by molar-refractivity contribution is 0.0708. The Labute approximate surface area is 116 Å². The maximum absolute atomic E-state index is 5.48. The zero-order valence-electron chi connectivity index (χ0n) is 12.4. The smallest absolute Gasteiger partial charge is 0.0620 e. The molecule has 0 saturated carbocycles. The van der Waals surface area contributed by atoms with E-state index in [1.54, 1.807) is 0 Å². The Balaban J connectivity index is 1.78. The van der Waals surface area contributed by atoms with Crippen LogP contribution in [0.3, 0.4) is 0 Å². The average molecular weight is 262 g/mol. The first kappa shape index (κ1) is 14.5. The van der Waals surface area contributed by atoms with Crippen LogP contribution in [0.1, 0.15) is 23.1 Å². The van der Waals surface area contributed by atoms with E-state index >= 15 is 0 Å². The molecule has 1 aliphatic heterocycles. The van der Waals surface area contributed by atoms with Gasteiger partial charge < -0.3 is 15.0 Å². The van der Waals surface area contributed by atoms with Gasteiger partial charge in [0.25, 0.3) is 0 Å². The molecule has 3 nitrogen and oxygen atoms in total. The topological polar surface area (TPSA) is 24.5 Å². The molecule has 1 N–H and O–H groups in total. The van der Waals surface area contributed by atoms with E-state index in [-0.39, 0.29) is 0 Å². The summed E-state index contributed by atoms with van der Waals surface area (Å²) in [7, 11) is 2.20. The number of hydrogen-bond donors (Lipinski definition) is 1. The Kier molecular flexibility index (Phi) is 5.37. The molecule has 1 fully saturated rings. The summed E-state index contributed by atoms with van der Waals surface area (Å²) in [4.78, 5) is 2.40. The van der Waals surface area contributed by atoms with Gasteiger partial charge in [0.15, 0.2) is 0 Å². The van der Waals surface area contributed by atoms with E-state index in [9.17, 15) is 0 Å². The van der Waals surface area contributed by atoms with Crippen LogP contribution in [0.4, 0.5) is 0 Å². The third-order valence-electron chi connectivity index (χ3n) is 3.80. The van der Waals surface area contributed by atoms with E-state index in [1.165, 1.54) is 16.7 Å². The quantitative estimate of drug-likeness (QED) is 0.879. The molecule has 3 heteroatoms. The van der Waals surface area contributed by atoms with Gasteiger partial charge in [0.2, 0.25) is 0 Å². The molecule has 106 valence electrons. The number of hydrogen-bond acceptors (Lipinski definition) is 3. The van der Waals surface area contributed by atoms with Crippen LogP contribution < -0.4 is 5.32 Å². The average Bonchev–Trinajstić information content (AvgIpc) is 2.41. The number of nitrogens with zero attached hydrogens (tertiary/aromatic N) is 1. The van der Waals surface area contributed by atoms with Crippen molar-refractivity contribution in [2.45, 2.75) is 32.9 Å². The van der Waals surface area contributed by atoms with Crippen LogP contribution in [-0.2, 0) is 11.3 Å². The fourth-order valence-electron chi connectivity index (χ4n) is 2.57. The van der Waals surface area contributed by atoms with Crippen molar-refractivity contribution < 1.29 is 4.74 Å². The number of nitrogens with one attached hydrogen (secondary N) is 1. The van der Waals surface area contributed by atoms with Crippen LogP contribution in [-0.4, -0.2) is 44.3 Å². The van der Waals surface area contributed by atoms with E-state index in [1.807, 2.05) is 0 Å². The van der Waals surface area contributed by atoms with Gasteiger partial charge in [-0.2, -0.15) is 0 Å². The maximum Gasteiger partial charge on any atom is 0.0620 e. The molecule has 0 aliphatic carbocycles. The SMILES string of the molecule is Cc1ccc(CN(C)CCC2COCCN2)c(C)c1. The first-order valence-corrected chi connectivity index (χ1v) is 7.21. The first-order chi connectivity index (χ1) is 9.15. The largest absolute Gasteiger partial charge is 0.379 e. The molecule has 1 saturated heterocycles. The third kappa shape index (κ3) is 4.60. The highest BCUT2D eigenvalue weighted by Gasteiger charge is 2.13. The van der Waals surface area contributed by atoms with Gasteiger partial charge in [-0.25, -0.2) is 0 Å². The van der Waals surface area contributed by atoms with Crippen LogP contribution >= 0.6 is 0 Å². The minimum absolute atomic E-state index is 0.523. The van der Waals surface area contributed by atoms with E-state index < -0.39 is 0 Å². The van der Waals surface area contributed by atoms with Crippen molar-refractivity contribution in [3.8, 4) is 0 Å². The summed E-state index contributed by atoms with van der Waals surface area (Å²) in [6, 6.07) is 7.24. The summed E-state index contributed by atoms with van der Waals surface area (Å²) < 4.78 is 5.48. The van der Waals surface area contributed by atoms with Gasteiger partial charge >= 0.3 is 0 Å². The molecule has 1 aromatic carbocycles. The summed E-state index contributed by atoms with van der Waals surface area (Å²) in [5.74, 6) is 0. The number of ether oxygens (including phenoxy) is 1. The molecule has 1 aliphatic rings. The van der Waals surface area contributed by atoms with Crippen LogP contribution in [0.2, 0.25) is 0 Å². The van der Waals surface area contributed by atoms with Crippen LogP contribution in [0, 0.1) is 13.8 Å². The zero-order valence-corrected chi connectivity index (χ0v) is 12.4. The number of morpholine rings is 1. The van der Waals surface area contributed by atoms with Crippen molar-refractivity contribution >= 4 is 0 Å². The van der Waals surface area contributed by atoms with Gasteiger partial charge in [-0.05, 0) is 45.0 Å². The lowest BCUT2D eigenvalue weighted by atomic mass is 10.1. The summed E-state index contributed by atoms with van der Waals surface area (Å²) in [6.45, 7) is 9.19. The van der Waals surface area contributed by atoms with Gasteiger partial charge in [-0.1, -0.05) is 23.8 Å².